The Hall–Kier alpha value is -2.37. The topological polar surface area (TPSA) is 69.7 Å². The number of carbonyl (C=O) groups is 3. The van der Waals surface area contributed by atoms with Crippen molar-refractivity contribution in [2.24, 2.45) is 0 Å². The van der Waals surface area contributed by atoms with Gasteiger partial charge in [0.2, 0.25) is 11.8 Å². The van der Waals surface area contributed by atoms with Gasteiger partial charge in [0.1, 0.15) is 6.04 Å². The van der Waals surface area contributed by atoms with Crippen molar-refractivity contribution in [2.45, 2.75) is 51.0 Å². The van der Waals surface area contributed by atoms with E-state index in [0.717, 1.165) is 45.2 Å². The first-order chi connectivity index (χ1) is 13.2. The van der Waals surface area contributed by atoms with Crippen LogP contribution in [0, 0.1) is 0 Å². The minimum atomic E-state index is -0.289. The number of benzene rings is 1. The van der Waals surface area contributed by atoms with Gasteiger partial charge in [-0.1, -0.05) is 18.2 Å². The van der Waals surface area contributed by atoms with Gasteiger partial charge < -0.3 is 15.1 Å². The summed E-state index contributed by atoms with van der Waals surface area (Å²) < 4.78 is 0. The Labute approximate surface area is 160 Å². The van der Waals surface area contributed by atoms with Gasteiger partial charge in [0, 0.05) is 38.2 Å². The highest BCUT2D eigenvalue weighted by molar-refractivity contribution is 5.94. The van der Waals surface area contributed by atoms with Crippen LogP contribution in [0.1, 0.15) is 55.3 Å². The molecular formula is C21H29N3O3. The summed E-state index contributed by atoms with van der Waals surface area (Å²) in [5.74, 6) is 0.0299. The number of hydrogen-bond donors (Lipinski definition) is 1. The van der Waals surface area contributed by atoms with Crippen LogP contribution in [0.15, 0.2) is 30.3 Å². The van der Waals surface area contributed by atoms with Crippen LogP contribution in [0.3, 0.4) is 0 Å². The molecule has 0 spiro atoms. The molecule has 0 aromatic heterocycles. The molecular weight excluding hydrogens is 342 g/mol. The number of likely N-dealkylation sites (tertiary alicyclic amines) is 2. The van der Waals surface area contributed by atoms with Crippen molar-refractivity contribution >= 4 is 17.7 Å². The molecule has 1 N–H and O–H groups in total. The number of rotatable bonds is 6. The van der Waals surface area contributed by atoms with Crippen LogP contribution in [-0.4, -0.2) is 59.7 Å². The van der Waals surface area contributed by atoms with Crippen molar-refractivity contribution < 1.29 is 14.4 Å². The lowest BCUT2D eigenvalue weighted by Gasteiger charge is -2.37. The van der Waals surface area contributed by atoms with Crippen molar-refractivity contribution in [1.29, 1.82) is 0 Å². The van der Waals surface area contributed by atoms with Crippen LogP contribution in [0.4, 0.5) is 0 Å². The third-order valence-corrected chi connectivity index (χ3v) is 5.41. The van der Waals surface area contributed by atoms with Crippen molar-refractivity contribution in [3.8, 4) is 0 Å². The molecule has 6 heteroatoms. The van der Waals surface area contributed by atoms with E-state index in [9.17, 15) is 14.4 Å². The van der Waals surface area contributed by atoms with E-state index in [-0.39, 0.29) is 23.8 Å². The Morgan fingerprint density at radius 2 is 1.67 bits per heavy atom. The zero-order valence-corrected chi connectivity index (χ0v) is 15.9. The van der Waals surface area contributed by atoms with E-state index in [1.54, 1.807) is 17.0 Å². The Morgan fingerprint density at radius 3 is 2.41 bits per heavy atom. The third-order valence-electron chi connectivity index (χ3n) is 5.41. The standard InChI is InChI=1S/C21H29N3O3/c25-19(12-8-13-22-20(26)17-9-2-1-3-10-17)24-16-5-4-11-18(24)21(27)23-14-6-7-15-23/h1-3,9-10,18H,4-8,11-16H2,(H,22,26). The largest absolute Gasteiger partial charge is 0.352 e. The molecule has 6 nitrogen and oxygen atoms in total. The number of hydrogen-bond acceptors (Lipinski definition) is 3. The highest BCUT2D eigenvalue weighted by Crippen LogP contribution is 2.22. The minimum Gasteiger partial charge on any atom is -0.352 e. The zero-order valence-electron chi connectivity index (χ0n) is 15.9. The van der Waals surface area contributed by atoms with E-state index in [0.29, 0.717) is 31.5 Å². The first kappa shape index (κ1) is 19.4. The first-order valence-corrected chi connectivity index (χ1v) is 10.1. The molecule has 0 bridgehead atoms. The summed E-state index contributed by atoms with van der Waals surface area (Å²) in [5.41, 5.74) is 0.621. The van der Waals surface area contributed by atoms with Gasteiger partial charge in [-0.05, 0) is 50.7 Å². The predicted octanol–water partition coefficient (Wildman–Crippen LogP) is 2.20. The van der Waals surface area contributed by atoms with Crippen molar-refractivity contribution in [1.82, 2.24) is 15.1 Å². The SMILES string of the molecule is O=C(NCCCC(=O)N1CCCCC1C(=O)N1CCCC1)c1ccccc1. The van der Waals surface area contributed by atoms with Gasteiger partial charge >= 0.3 is 0 Å². The Morgan fingerprint density at radius 1 is 0.963 bits per heavy atom. The quantitative estimate of drug-likeness (QED) is 0.780. The second kappa shape index (κ2) is 9.53. The van der Waals surface area contributed by atoms with Gasteiger partial charge in [-0.15, -0.1) is 0 Å². The minimum absolute atomic E-state index is 0.0289. The summed E-state index contributed by atoms with van der Waals surface area (Å²) in [5, 5.41) is 2.85. The number of carbonyl (C=O) groups excluding carboxylic acids is 3. The highest BCUT2D eigenvalue weighted by Gasteiger charge is 2.35. The van der Waals surface area contributed by atoms with Crippen LogP contribution in [0.5, 0.6) is 0 Å². The number of piperidine rings is 1. The molecule has 2 fully saturated rings. The molecule has 0 saturated carbocycles. The number of nitrogens with one attached hydrogen (secondary N) is 1. The monoisotopic (exact) mass is 371 g/mol. The Kier molecular flexibility index (Phi) is 6.85. The lowest BCUT2D eigenvalue weighted by Crippen LogP contribution is -2.52. The smallest absolute Gasteiger partial charge is 0.251 e. The molecule has 2 aliphatic rings. The molecule has 146 valence electrons. The summed E-state index contributed by atoms with van der Waals surface area (Å²) in [7, 11) is 0. The molecule has 2 saturated heterocycles. The molecule has 0 radical (unpaired) electrons. The fraction of sp³-hybridized carbons (Fsp3) is 0.571. The van der Waals surface area contributed by atoms with E-state index in [4.69, 9.17) is 0 Å². The highest BCUT2D eigenvalue weighted by atomic mass is 16.2. The molecule has 2 heterocycles. The Balaban J connectivity index is 1.45. The van der Waals surface area contributed by atoms with Crippen LogP contribution in [0.25, 0.3) is 0 Å². The zero-order chi connectivity index (χ0) is 19.1. The van der Waals surface area contributed by atoms with Gasteiger partial charge in [-0.2, -0.15) is 0 Å². The lowest BCUT2D eigenvalue weighted by atomic mass is 10.00. The molecule has 0 aliphatic carbocycles. The second-order valence-corrected chi connectivity index (χ2v) is 7.36. The van der Waals surface area contributed by atoms with E-state index >= 15 is 0 Å². The van der Waals surface area contributed by atoms with E-state index in [1.165, 1.54) is 0 Å². The van der Waals surface area contributed by atoms with Gasteiger partial charge in [0.05, 0.1) is 0 Å². The van der Waals surface area contributed by atoms with Crippen LogP contribution >= 0.6 is 0 Å². The van der Waals surface area contributed by atoms with E-state index in [2.05, 4.69) is 5.32 Å². The summed E-state index contributed by atoms with van der Waals surface area (Å²) in [6.45, 7) is 2.77. The molecule has 1 unspecified atom stereocenters. The maximum absolute atomic E-state index is 12.8. The molecule has 3 rings (SSSR count). The second-order valence-electron chi connectivity index (χ2n) is 7.36. The first-order valence-electron chi connectivity index (χ1n) is 10.1. The van der Waals surface area contributed by atoms with Crippen LogP contribution < -0.4 is 5.32 Å². The molecule has 1 atom stereocenters. The summed E-state index contributed by atoms with van der Waals surface area (Å²) in [6.07, 6.45) is 5.80. The van der Waals surface area contributed by atoms with Gasteiger partial charge in [0.25, 0.3) is 5.91 Å². The lowest BCUT2D eigenvalue weighted by molar-refractivity contribution is -0.147. The van der Waals surface area contributed by atoms with E-state index < -0.39 is 0 Å². The Bertz CT molecular complexity index is 656. The molecule has 3 amide bonds. The average molecular weight is 371 g/mol. The molecule has 1 aromatic carbocycles. The summed E-state index contributed by atoms with van der Waals surface area (Å²) in [4.78, 5) is 41.2. The third kappa shape index (κ3) is 5.08. The maximum Gasteiger partial charge on any atom is 0.251 e. The normalized spacial score (nSPS) is 19.8. The maximum atomic E-state index is 12.8. The van der Waals surface area contributed by atoms with Gasteiger partial charge in [-0.25, -0.2) is 0 Å². The molecule has 2 aliphatic heterocycles. The summed E-state index contributed by atoms with van der Waals surface area (Å²) >= 11 is 0. The van der Waals surface area contributed by atoms with Crippen LogP contribution in [0.2, 0.25) is 0 Å². The van der Waals surface area contributed by atoms with Crippen molar-refractivity contribution in [3.63, 3.8) is 0 Å². The predicted molar refractivity (Wildman–Crippen MR) is 103 cm³/mol. The number of amides is 3. The van der Waals surface area contributed by atoms with Crippen LogP contribution in [-0.2, 0) is 9.59 Å². The fourth-order valence-electron chi connectivity index (χ4n) is 3.91. The summed E-state index contributed by atoms with van der Waals surface area (Å²) in [6, 6.07) is 8.77. The van der Waals surface area contributed by atoms with Crippen molar-refractivity contribution in [3.05, 3.63) is 35.9 Å². The van der Waals surface area contributed by atoms with Gasteiger partial charge in [-0.3, -0.25) is 14.4 Å². The fourth-order valence-corrected chi connectivity index (χ4v) is 3.91. The molecule has 1 aromatic rings. The van der Waals surface area contributed by atoms with Gasteiger partial charge in [0.15, 0.2) is 0 Å². The average Bonchev–Trinajstić information content (AvgIpc) is 3.26. The van der Waals surface area contributed by atoms with E-state index in [1.807, 2.05) is 23.1 Å². The number of nitrogens with zero attached hydrogens (tertiary/aromatic N) is 2. The molecule has 27 heavy (non-hydrogen) atoms. The van der Waals surface area contributed by atoms with Crippen molar-refractivity contribution in [2.75, 3.05) is 26.2 Å².